The maximum absolute atomic E-state index is 5.71. The third kappa shape index (κ3) is 1.84. The van der Waals surface area contributed by atoms with E-state index in [0.29, 0.717) is 17.5 Å². The van der Waals surface area contributed by atoms with Gasteiger partial charge in [-0.1, -0.05) is 6.92 Å². The number of aromatic nitrogens is 1. The van der Waals surface area contributed by atoms with E-state index >= 15 is 0 Å². The maximum Gasteiger partial charge on any atom is 0.149 e. The molecule has 1 aliphatic rings. The van der Waals surface area contributed by atoms with Crippen molar-refractivity contribution in [1.29, 1.82) is 0 Å². The summed E-state index contributed by atoms with van der Waals surface area (Å²) in [7, 11) is 0. The summed E-state index contributed by atoms with van der Waals surface area (Å²) in [6, 6.07) is 4.41. The van der Waals surface area contributed by atoms with E-state index in [2.05, 4.69) is 16.8 Å². The molecule has 0 saturated carbocycles. The minimum atomic E-state index is 0.439. The molecule has 0 amide bonds. The van der Waals surface area contributed by atoms with Gasteiger partial charge in [0, 0.05) is 12.6 Å². The van der Waals surface area contributed by atoms with Gasteiger partial charge < -0.3 is 16.4 Å². The molecule has 4 nitrogen and oxygen atoms in total. The van der Waals surface area contributed by atoms with E-state index in [9.17, 15) is 0 Å². The number of nitrogens with zero attached hydrogens (tertiary/aromatic N) is 2. The highest BCUT2D eigenvalue weighted by molar-refractivity contribution is 5.62. The van der Waals surface area contributed by atoms with Crippen molar-refractivity contribution >= 4 is 17.3 Å². The van der Waals surface area contributed by atoms with Crippen molar-refractivity contribution in [3.8, 4) is 0 Å². The summed E-state index contributed by atoms with van der Waals surface area (Å²) in [4.78, 5) is 6.66. The zero-order valence-electron chi connectivity index (χ0n) is 9.11. The van der Waals surface area contributed by atoms with Gasteiger partial charge in [-0.3, -0.25) is 0 Å². The second-order valence-corrected chi connectivity index (χ2v) is 4.04. The molecule has 2 rings (SSSR count). The SMILES string of the molecule is CCC1CCCN1c1ccc(N)c(N)n1. The van der Waals surface area contributed by atoms with Crippen LogP contribution in [0.3, 0.4) is 0 Å². The van der Waals surface area contributed by atoms with Crippen LogP contribution in [0.1, 0.15) is 26.2 Å². The topological polar surface area (TPSA) is 68.2 Å². The molecule has 82 valence electrons. The Morgan fingerprint density at radius 3 is 2.93 bits per heavy atom. The van der Waals surface area contributed by atoms with Crippen LogP contribution >= 0.6 is 0 Å². The number of anilines is 3. The molecule has 2 heterocycles. The minimum absolute atomic E-state index is 0.439. The quantitative estimate of drug-likeness (QED) is 0.771. The van der Waals surface area contributed by atoms with Gasteiger partial charge in [0.25, 0.3) is 0 Å². The van der Waals surface area contributed by atoms with E-state index in [1.807, 2.05) is 12.1 Å². The van der Waals surface area contributed by atoms with Gasteiger partial charge in [0.2, 0.25) is 0 Å². The first-order valence-electron chi connectivity index (χ1n) is 5.51. The summed E-state index contributed by atoms with van der Waals surface area (Å²) in [5.74, 6) is 1.40. The molecule has 1 atom stereocenters. The second kappa shape index (κ2) is 3.96. The summed E-state index contributed by atoms with van der Waals surface area (Å²) in [5, 5.41) is 0. The van der Waals surface area contributed by atoms with Crippen LogP contribution < -0.4 is 16.4 Å². The first-order chi connectivity index (χ1) is 7.22. The summed E-state index contributed by atoms with van der Waals surface area (Å²) in [6.45, 7) is 3.29. The summed E-state index contributed by atoms with van der Waals surface area (Å²) in [5.41, 5.74) is 11.9. The van der Waals surface area contributed by atoms with Crippen LogP contribution in [0, 0.1) is 0 Å². The van der Waals surface area contributed by atoms with Crippen molar-refractivity contribution in [3.63, 3.8) is 0 Å². The molecular weight excluding hydrogens is 188 g/mol. The molecular formula is C11H18N4. The molecule has 15 heavy (non-hydrogen) atoms. The Morgan fingerprint density at radius 1 is 1.47 bits per heavy atom. The molecule has 0 aliphatic carbocycles. The van der Waals surface area contributed by atoms with E-state index in [0.717, 1.165) is 18.8 Å². The van der Waals surface area contributed by atoms with E-state index < -0.39 is 0 Å². The number of hydrogen-bond acceptors (Lipinski definition) is 4. The van der Waals surface area contributed by atoms with Gasteiger partial charge in [-0.25, -0.2) is 4.98 Å². The lowest BCUT2D eigenvalue weighted by atomic mass is 10.2. The molecule has 1 aromatic rings. The monoisotopic (exact) mass is 206 g/mol. The maximum atomic E-state index is 5.71. The largest absolute Gasteiger partial charge is 0.396 e. The lowest BCUT2D eigenvalue weighted by Gasteiger charge is -2.25. The van der Waals surface area contributed by atoms with Crippen LogP contribution in [0.25, 0.3) is 0 Å². The molecule has 1 saturated heterocycles. The number of nitrogen functional groups attached to an aromatic ring is 2. The predicted molar refractivity (Wildman–Crippen MR) is 63.7 cm³/mol. The molecule has 4 N–H and O–H groups in total. The summed E-state index contributed by atoms with van der Waals surface area (Å²) in [6.07, 6.45) is 3.65. The Labute approximate surface area is 90.3 Å². The zero-order valence-corrected chi connectivity index (χ0v) is 9.11. The highest BCUT2D eigenvalue weighted by atomic mass is 15.2. The Hall–Kier alpha value is -1.45. The van der Waals surface area contributed by atoms with Crippen LogP contribution in [-0.4, -0.2) is 17.6 Å². The highest BCUT2D eigenvalue weighted by Crippen LogP contribution is 2.27. The Bertz CT molecular complexity index is 350. The Balaban J connectivity index is 2.25. The molecule has 1 unspecified atom stereocenters. The van der Waals surface area contributed by atoms with Gasteiger partial charge in [-0.2, -0.15) is 0 Å². The van der Waals surface area contributed by atoms with Crippen LogP contribution in [-0.2, 0) is 0 Å². The minimum Gasteiger partial charge on any atom is -0.396 e. The Kier molecular flexibility index (Phi) is 2.66. The van der Waals surface area contributed by atoms with Gasteiger partial charge in [0.05, 0.1) is 5.69 Å². The molecule has 1 aliphatic heterocycles. The van der Waals surface area contributed by atoms with Gasteiger partial charge in [-0.15, -0.1) is 0 Å². The lowest BCUT2D eigenvalue weighted by molar-refractivity contribution is 0.641. The Morgan fingerprint density at radius 2 is 2.27 bits per heavy atom. The van der Waals surface area contributed by atoms with Gasteiger partial charge in [0.1, 0.15) is 11.6 Å². The van der Waals surface area contributed by atoms with E-state index in [4.69, 9.17) is 11.5 Å². The van der Waals surface area contributed by atoms with E-state index in [1.165, 1.54) is 12.8 Å². The number of pyridine rings is 1. The third-order valence-electron chi connectivity index (χ3n) is 3.09. The number of rotatable bonds is 2. The fourth-order valence-electron chi connectivity index (χ4n) is 2.20. The fraction of sp³-hybridized carbons (Fsp3) is 0.545. The predicted octanol–water partition coefficient (Wildman–Crippen LogP) is 1.62. The van der Waals surface area contributed by atoms with Crippen molar-refractivity contribution in [2.24, 2.45) is 0 Å². The van der Waals surface area contributed by atoms with Crippen LogP contribution in [0.5, 0.6) is 0 Å². The molecule has 0 radical (unpaired) electrons. The summed E-state index contributed by atoms with van der Waals surface area (Å²) >= 11 is 0. The van der Waals surface area contributed by atoms with Gasteiger partial charge in [0.15, 0.2) is 0 Å². The van der Waals surface area contributed by atoms with Crippen molar-refractivity contribution in [3.05, 3.63) is 12.1 Å². The van der Waals surface area contributed by atoms with E-state index in [1.54, 1.807) is 0 Å². The molecule has 4 heteroatoms. The second-order valence-electron chi connectivity index (χ2n) is 4.04. The van der Waals surface area contributed by atoms with Crippen LogP contribution in [0.15, 0.2) is 12.1 Å². The summed E-state index contributed by atoms with van der Waals surface area (Å²) < 4.78 is 0. The molecule has 0 aromatic carbocycles. The zero-order chi connectivity index (χ0) is 10.8. The number of hydrogen-bond donors (Lipinski definition) is 2. The first-order valence-corrected chi connectivity index (χ1v) is 5.51. The highest BCUT2D eigenvalue weighted by Gasteiger charge is 2.24. The molecule has 0 bridgehead atoms. The average Bonchev–Trinajstić information content (AvgIpc) is 2.70. The van der Waals surface area contributed by atoms with Crippen LogP contribution in [0.2, 0.25) is 0 Å². The van der Waals surface area contributed by atoms with E-state index in [-0.39, 0.29) is 0 Å². The van der Waals surface area contributed by atoms with Crippen LogP contribution in [0.4, 0.5) is 17.3 Å². The molecule has 1 fully saturated rings. The molecule has 0 spiro atoms. The van der Waals surface area contributed by atoms with Gasteiger partial charge in [-0.05, 0) is 31.4 Å². The van der Waals surface area contributed by atoms with Crippen molar-refractivity contribution in [2.75, 3.05) is 22.9 Å². The first kappa shape index (κ1) is 10.1. The third-order valence-corrected chi connectivity index (χ3v) is 3.09. The van der Waals surface area contributed by atoms with Crippen molar-refractivity contribution < 1.29 is 0 Å². The number of nitrogens with two attached hydrogens (primary N) is 2. The van der Waals surface area contributed by atoms with Crippen molar-refractivity contribution in [2.45, 2.75) is 32.2 Å². The van der Waals surface area contributed by atoms with Crippen molar-refractivity contribution in [1.82, 2.24) is 4.98 Å². The average molecular weight is 206 g/mol. The normalized spacial score (nSPS) is 20.9. The smallest absolute Gasteiger partial charge is 0.149 e. The lowest BCUT2D eigenvalue weighted by Crippen LogP contribution is -2.29. The molecule has 1 aromatic heterocycles. The standard InChI is InChI=1S/C11H18N4/c1-2-8-4-3-7-15(8)10-6-5-9(12)11(13)14-10/h5-6,8H,2-4,7,12H2,1H3,(H2,13,14). The fourth-order valence-corrected chi connectivity index (χ4v) is 2.20. The van der Waals surface area contributed by atoms with Gasteiger partial charge >= 0.3 is 0 Å².